The van der Waals surface area contributed by atoms with Gasteiger partial charge < -0.3 is 4.98 Å². The molecule has 106 valence electrons. The van der Waals surface area contributed by atoms with E-state index < -0.39 is 0 Å². The zero-order chi connectivity index (χ0) is 14.8. The van der Waals surface area contributed by atoms with E-state index in [2.05, 4.69) is 63.5 Å². The van der Waals surface area contributed by atoms with Gasteiger partial charge in [0.25, 0.3) is 0 Å². The Bertz CT molecular complexity index is 965. The van der Waals surface area contributed by atoms with Gasteiger partial charge in [0, 0.05) is 34.2 Å². The number of hydrogen-bond donors (Lipinski definition) is 1. The summed E-state index contributed by atoms with van der Waals surface area (Å²) in [7, 11) is 0. The van der Waals surface area contributed by atoms with Crippen LogP contribution in [0.1, 0.15) is 0 Å². The van der Waals surface area contributed by atoms with Gasteiger partial charge in [-0.05, 0) is 23.6 Å². The first-order valence-corrected chi connectivity index (χ1v) is 7.89. The van der Waals surface area contributed by atoms with E-state index in [1.54, 1.807) is 23.7 Å². The van der Waals surface area contributed by atoms with Crippen molar-refractivity contribution in [3.05, 3.63) is 72.4 Å². The van der Waals surface area contributed by atoms with Gasteiger partial charge in [-0.3, -0.25) is 4.98 Å². The summed E-state index contributed by atoms with van der Waals surface area (Å²) in [6, 6.07) is 18.7. The Labute approximate surface area is 131 Å². The molecule has 0 aliphatic heterocycles. The second kappa shape index (κ2) is 5.58. The number of rotatable bonds is 0. The number of aromatic nitrogens is 3. The van der Waals surface area contributed by atoms with Gasteiger partial charge in [-0.15, -0.1) is 11.3 Å². The zero-order valence-corrected chi connectivity index (χ0v) is 12.5. The summed E-state index contributed by atoms with van der Waals surface area (Å²) in [6.07, 6.45) is 3.41. The van der Waals surface area contributed by atoms with Crippen molar-refractivity contribution in [1.82, 2.24) is 15.0 Å². The maximum Gasteiger partial charge on any atom is 0.141 e. The zero-order valence-electron chi connectivity index (χ0n) is 11.7. The van der Waals surface area contributed by atoms with Gasteiger partial charge in [0.05, 0.1) is 5.52 Å². The highest BCUT2D eigenvalue weighted by atomic mass is 32.1. The summed E-state index contributed by atoms with van der Waals surface area (Å²) in [5.41, 5.74) is 3.41. The minimum Gasteiger partial charge on any atom is -0.355 e. The predicted octanol–water partition coefficient (Wildman–Crippen LogP) is 5.01. The van der Waals surface area contributed by atoms with Crippen LogP contribution in [-0.2, 0) is 0 Å². The van der Waals surface area contributed by atoms with Crippen LogP contribution >= 0.6 is 11.3 Å². The number of hydrogen-bond acceptors (Lipinski definition) is 3. The van der Waals surface area contributed by atoms with Crippen molar-refractivity contribution in [2.75, 3.05) is 0 Å². The second-order valence-electron chi connectivity index (χ2n) is 4.88. The lowest BCUT2D eigenvalue weighted by molar-refractivity contribution is 1.32. The van der Waals surface area contributed by atoms with Crippen LogP contribution < -0.4 is 0 Å². The number of fused-ring (bicyclic) bond motifs is 4. The fourth-order valence-electron chi connectivity index (χ4n) is 2.50. The lowest BCUT2D eigenvalue weighted by atomic mass is 10.2. The number of para-hydroxylation sites is 2. The Hall–Kier alpha value is -2.72. The molecule has 3 nitrogen and oxygen atoms in total. The summed E-state index contributed by atoms with van der Waals surface area (Å²) < 4.78 is 0. The van der Waals surface area contributed by atoms with E-state index in [4.69, 9.17) is 0 Å². The third kappa shape index (κ3) is 2.34. The summed E-state index contributed by atoms with van der Waals surface area (Å²) in [6.45, 7) is 0. The first-order chi connectivity index (χ1) is 10.9. The normalized spacial score (nSPS) is 10.7. The van der Waals surface area contributed by atoms with E-state index in [0.717, 1.165) is 10.3 Å². The standard InChI is InChI=1S/C12H9N.C6H4N2S/c1-3-7-11-9(5-1)10-6-2-4-8-12(10)13-11;1-4-9-6-5(1)7-2-3-8-6/h1-8,13H;1-4H. The molecule has 0 fully saturated rings. The molecule has 22 heavy (non-hydrogen) atoms. The van der Waals surface area contributed by atoms with Crippen LogP contribution in [0.25, 0.3) is 32.2 Å². The van der Waals surface area contributed by atoms with E-state index in [-0.39, 0.29) is 0 Å². The Morgan fingerprint density at radius 1 is 0.727 bits per heavy atom. The van der Waals surface area contributed by atoms with Gasteiger partial charge in [0.15, 0.2) is 0 Å². The number of nitrogens with one attached hydrogen (secondary N) is 1. The van der Waals surface area contributed by atoms with Crippen LogP contribution in [0.3, 0.4) is 0 Å². The number of nitrogens with zero attached hydrogens (tertiary/aromatic N) is 2. The second-order valence-corrected chi connectivity index (χ2v) is 5.78. The van der Waals surface area contributed by atoms with Crippen molar-refractivity contribution in [3.63, 3.8) is 0 Å². The summed E-state index contributed by atoms with van der Waals surface area (Å²) in [4.78, 5) is 12.6. The number of H-pyrrole nitrogens is 1. The Balaban J connectivity index is 0.000000122. The number of aromatic amines is 1. The van der Waals surface area contributed by atoms with Crippen LogP contribution in [0.15, 0.2) is 72.4 Å². The third-order valence-electron chi connectivity index (χ3n) is 3.51. The molecule has 5 aromatic rings. The monoisotopic (exact) mass is 303 g/mol. The fourth-order valence-corrected chi connectivity index (χ4v) is 3.19. The van der Waals surface area contributed by atoms with Crippen molar-refractivity contribution >= 4 is 43.5 Å². The van der Waals surface area contributed by atoms with Gasteiger partial charge in [0.1, 0.15) is 4.83 Å². The van der Waals surface area contributed by atoms with Crippen LogP contribution in [0.4, 0.5) is 0 Å². The van der Waals surface area contributed by atoms with Crippen LogP contribution in [0, 0.1) is 0 Å². The van der Waals surface area contributed by atoms with Crippen molar-refractivity contribution in [3.8, 4) is 0 Å². The Morgan fingerprint density at radius 2 is 1.36 bits per heavy atom. The van der Waals surface area contributed by atoms with Gasteiger partial charge in [-0.25, -0.2) is 4.98 Å². The third-order valence-corrected chi connectivity index (χ3v) is 4.32. The lowest BCUT2D eigenvalue weighted by Gasteiger charge is -1.87. The Kier molecular flexibility index (Phi) is 3.29. The molecule has 2 aromatic carbocycles. The predicted molar refractivity (Wildman–Crippen MR) is 93.2 cm³/mol. The van der Waals surface area contributed by atoms with Crippen LogP contribution in [-0.4, -0.2) is 15.0 Å². The van der Waals surface area contributed by atoms with E-state index in [9.17, 15) is 0 Å². The average molecular weight is 303 g/mol. The fraction of sp³-hybridized carbons (Fsp3) is 0. The molecule has 0 amide bonds. The lowest BCUT2D eigenvalue weighted by Crippen LogP contribution is -1.72. The first-order valence-electron chi connectivity index (χ1n) is 7.01. The van der Waals surface area contributed by atoms with Gasteiger partial charge in [-0.1, -0.05) is 36.4 Å². The van der Waals surface area contributed by atoms with Crippen LogP contribution in [0.5, 0.6) is 0 Å². The van der Waals surface area contributed by atoms with E-state index in [0.29, 0.717) is 0 Å². The molecular formula is C18H13N3S. The molecule has 0 aliphatic rings. The summed E-state index contributed by atoms with van der Waals surface area (Å²) in [5.74, 6) is 0. The highest BCUT2D eigenvalue weighted by molar-refractivity contribution is 7.16. The van der Waals surface area contributed by atoms with Crippen LogP contribution in [0.2, 0.25) is 0 Å². The van der Waals surface area contributed by atoms with E-state index >= 15 is 0 Å². The minimum atomic E-state index is 0.988. The average Bonchev–Trinajstić information content (AvgIpc) is 3.19. The highest BCUT2D eigenvalue weighted by Gasteiger charge is 2.00. The molecule has 0 saturated carbocycles. The van der Waals surface area contributed by atoms with E-state index in [1.165, 1.54) is 21.8 Å². The van der Waals surface area contributed by atoms with Crippen molar-refractivity contribution in [2.24, 2.45) is 0 Å². The van der Waals surface area contributed by atoms with Crippen molar-refractivity contribution in [2.45, 2.75) is 0 Å². The van der Waals surface area contributed by atoms with Gasteiger partial charge in [-0.2, -0.15) is 0 Å². The minimum absolute atomic E-state index is 0.988. The molecule has 1 N–H and O–H groups in total. The molecule has 0 atom stereocenters. The molecule has 0 spiro atoms. The molecule has 3 heterocycles. The maximum atomic E-state index is 4.10. The highest BCUT2D eigenvalue weighted by Crippen LogP contribution is 2.24. The molecule has 0 aliphatic carbocycles. The SMILES string of the molecule is c1ccc2c(c1)[nH]c1ccccc12.c1cnc2sccc2n1. The van der Waals surface area contributed by atoms with Gasteiger partial charge >= 0.3 is 0 Å². The molecule has 0 radical (unpaired) electrons. The molecule has 0 bridgehead atoms. The topological polar surface area (TPSA) is 41.6 Å². The summed E-state index contributed by atoms with van der Waals surface area (Å²) >= 11 is 1.61. The molecule has 0 unspecified atom stereocenters. The molecule has 4 heteroatoms. The van der Waals surface area contributed by atoms with Gasteiger partial charge in [0.2, 0.25) is 0 Å². The number of benzene rings is 2. The maximum absolute atomic E-state index is 4.10. The Morgan fingerprint density at radius 3 is 2.05 bits per heavy atom. The van der Waals surface area contributed by atoms with Crippen molar-refractivity contribution in [1.29, 1.82) is 0 Å². The molecule has 3 aromatic heterocycles. The summed E-state index contributed by atoms with van der Waals surface area (Å²) in [5, 5.41) is 4.60. The smallest absolute Gasteiger partial charge is 0.141 e. The van der Waals surface area contributed by atoms with E-state index in [1.807, 2.05) is 11.4 Å². The van der Waals surface area contributed by atoms with Crippen molar-refractivity contribution < 1.29 is 0 Å². The molecular weight excluding hydrogens is 290 g/mol. The molecule has 5 rings (SSSR count). The quantitative estimate of drug-likeness (QED) is 0.437. The number of thiophene rings is 1. The molecule has 0 saturated heterocycles. The first kappa shape index (κ1) is 13.0. The largest absolute Gasteiger partial charge is 0.355 e.